The number of aromatic nitrogens is 2. The number of hydrogen-bond acceptors (Lipinski definition) is 6. The molecule has 3 rings (SSSR count). The Hall–Kier alpha value is -3.39. The van der Waals surface area contributed by atoms with E-state index in [1.807, 2.05) is 13.0 Å². The van der Waals surface area contributed by atoms with Gasteiger partial charge in [-0.25, -0.2) is 4.98 Å². The van der Waals surface area contributed by atoms with E-state index >= 15 is 0 Å². The summed E-state index contributed by atoms with van der Waals surface area (Å²) in [5.41, 5.74) is 6.14. The van der Waals surface area contributed by atoms with Crippen molar-refractivity contribution in [2.24, 2.45) is 0 Å². The second-order valence-corrected chi connectivity index (χ2v) is 5.95. The van der Waals surface area contributed by atoms with Gasteiger partial charge in [-0.1, -0.05) is 18.2 Å². The van der Waals surface area contributed by atoms with Crippen molar-refractivity contribution in [3.8, 4) is 5.75 Å². The van der Waals surface area contributed by atoms with E-state index in [1.165, 1.54) is 4.57 Å². The first-order valence-corrected chi connectivity index (χ1v) is 8.91. The van der Waals surface area contributed by atoms with Crippen LogP contribution in [0.1, 0.15) is 17.3 Å². The van der Waals surface area contributed by atoms with Gasteiger partial charge >= 0.3 is 0 Å². The first-order chi connectivity index (χ1) is 13.6. The predicted octanol–water partition coefficient (Wildman–Crippen LogP) is 2.20. The molecule has 1 amide bonds. The Morgan fingerprint density at radius 1 is 1.14 bits per heavy atom. The fourth-order valence-electron chi connectivity index (χ4n) is 2.71. The Labute approximate surface area is 162 Å². The van der Waals surface area contributed by atoms with Gasteiger partial charge in [-0.05, 0) is 37.3 Å². The third kappa shape index (κ3) is 4.29. The number of fused-ring (bicyclic) bond motifs is 1. The number of amides is 1. The lowest BCUT2D eigenvalue weighted by Crippen LogP contribution is -2.34. The molecule has 1 aromatic heterocycles. The standard InChI is InChI=1S/C20H22N4O4/c1-3-24-19(26)16-9-4-5-10-17(16)21-20(24)23-22-18(25)14-7-6-8-15(13-14)28-12-11-27-2/h4-10,13H,3,11-12H2,1-2H3,(H,21,23)(H,22,25). The van der Waals surface area contributed by atoms with Gasteiger partial charge in [0.1, 0.15) is 12.4 Å². The van der Waals surface area contributed by atoms with Crippen molar-refractivity contribution in [3.05, 3.63) is 64.4 Å². The van der Waals surface area contributed by atoms with Gasteiger partial charge in [0.2, 0.25) is 5.95 Å². The second kappa shape index (κ2) is 9.01. The van der Waals surface area contributed by atoms with E-state index in [9.17, 15) is 9.59 Å². The van der Waals surface area contributed by atoms with Crippen molar-refractivity contribution in [1.29, 1.82) is 0 Å². The van der Waals surface area contributed by atoms with Crippen LogP contribution in [0.25, 0.3) is 10.9 Å². The van der Waals surface area contributed by atoms with Crippen molar-refractivity contribution in [1.82, 2.24) is 15.0 Å². The highest BCUT2D eigenvalue weighted by Crippen LogP contribution is 2.14. The van der Waals surface area contributed by atoms with E-state index in [0.717, 1.165) is 0 Å². The fraction of sp³-hybridized carbons (Fsp3) is 0.250. The minimum atomic E-state index is -0.373. The molecule has 0 saturated carbocycles. The lowest BCUT2D eigenvalue weighted by Gasteiger charge is -2.14. The number of para-hydroxylation sites is 1. The summed E-state index contributed by atoms with van der Waals surface area (Å²) in [6, 6.07) is 13.9. The Morgan fingerprint density at radius 2 is 1.96 bits per heavy atom. The molecule has 0 unspecified atom stereocenters. The largest absolute Gasteiger partial charge is 0.491 e. The SMILES string of the molecule is CCn1c(NNC(=O)c2cccc(OCCOC)c2)nc2ccccc2c1=O. The van der Waals surface area contributed by atoms with Gasteiger partial charge in [0, 0.05) is 19.2 Å². The molecule has 8 nitrogen and oxygen atoms in total. The van der Waals surface area contributed by atoms with E-state index in [2.05, 4.69) is 15.8 Å². The maximum atomic E-state index is 12.6. The minimum Gasteiger partial charge on any atom is -0.491 e. The molecule has 0 radical (unpaired) electrons. The van der Waals surface area contributed by atoms with Crippen molar-refractivity contribution in [2.75, 3.05) is 25.7 Å². The molecule has 3 aromatic rings. The van der Waals surface area contributed by atoms with Crippen LogP contribution in [0.2, 0.25) is 0 Å². The van der Waals surface area contributed by atoms with Crippen molar-refractivity contribution < 1.29 is 14.3 Å². The Morgan fingerprint density at radius 3 is 2.75 bits per heavy atom. The van der Waals surface area contributed by atoms with E-state index in [-0.39, 0.29) is 17.4 Å². The summed E-state index contributed by atoms with van der Waals surface area (Å²) in [6.07, 6.45) is 0. The molecule has 2 aromatic carbocycles. The molecule has 2 N–H and O–H groups in total. The number of carbonyl (C=O) groups is 1. The first-order valence-electron chi connectivity index (χ1n) is 8.91. The predicted molar refractivity (Wildman–Crippen MR) is 107 cm³/mol. The molecule has 1 heterocycles. The molecule has 0 aliphatic heterocycles. The van der Waals surface area contributed by atoms with Crippen LogP contribution in [-0.2, 0) is 11.3 Å². The summed E-state index contributed by atoms with van der Waals surface area (Å²) in [5.74, 6) is 0.466. The summed E-state index contributed by atoms with van der Waals surface area (Å²) < 4.78 is 11.9. The number of carbonyl (C=O) groups excluding carboxylic acids is 1. The van der Waals surface area contributed by atoms with Crippen molar-refractivity contribution in [3.63, 3.8) is 0 Å². The number of nitrogens with zero attached hydrogens (tertiary/aromatic N) is 2. The number of benzene rings is 2. The van der Waals surface area contributed by atoms with Crippen LogP contribution < -0.4 is 21.1 Å². The topological polar surface area (TPSA) is 94.5 Å². The number of methoxy groups -OCH3 is 1. The van der Waals surface area contributed by atoms with Gasteiger partial charge in [-0.15, -0.1) is 0 Å². The van der Waals surface area contributed by atoms with E-state index in [4.69, 9.17) is 9.47 Å². The van der Waals surface area contributed by atoms with Crippen LogP contribution in [0.15, 0.2) is 53.3 Å². The number of ether oxygens (including phenoxy) is 2. The second-order valence-electron chi connectivity index (χ2n) is 5.95. The Bertz CT molecular complexity index is 1030. The molecule has 146 valence electrons. The average Bonchev–Trinajstić information content (AvgIpc) is 2.72. The normalized spacial score (nSPS) is 10.6. The number of rotatable bonds is 8. The third-order valence-corrected chi connectivity index (χ3v) is 4.12. The highest BCUT2D eigenvalue weighted by molar-refractivity contribution is 5.95. The van der Waals surface area contributed by atoms with Crippen LogP contribution in [-0.4, -0.2) is 35.8 Å². The molecule has 0 bridgehead atoms. The molecular formula is C20H22N4O4. The molecule has 0 saturated heterocycles. The summed E-state index contributed by atoms with van der Waals surface area (Å²) in [5, 5.41) is 0.530. The first kappa shape index (κ1) is 19.4. The van der Waals surface area contributed by atoms with Crippen LogP contribution in [0.5, 0.6) is 5.75 Å². The Balaban J connectivity index is 1.76. The fourth-order valence-corrected chi connectivity index (χ4v) is 2.71. The highest BCUT2D eigenvalue weighted by atomic mass is 16.5. The maximum Gasteiger partial charge on any atom is 0.269 e. The summed E-state index contributed by atoms with van der Waals surface area (Å²) in [4.78, 5) is 29.5. The molecule has 0 fully saturated rings. The monoisotopic (exact) mass is 382 g/mol. The van der Waals surface area contributed by atoms with E-state index < -0.39 is 0 Å². The van der Waals surface area contributed by atoms with Gasteiger partial charge in [0.05, 0.1) is 17.5 Å². The van der Waals surface area contributed by atoms with E-state index in [0.29, 0.717) is 42.0 Å². The van der Waals surface area contributed by atoms with Gasteiger partial charge < -0.3 is 9.47 Å². The highest BCUT2D eigenvalue weighted by Gasteiger charge is 2.11. The van der Waals surface area contributed by atoms with Gasteiger partial charge in [-0.3, -0.25) is 25.0 Å². The van der Waals surface area contributed by atoms with Crippen LogP contribution in [0.4, 0.5) is 5.95 Å². The van der Waals surface area contributed by atoms with Crippen molar-refractivity contribution >= 4 is 22.8 Å². The third-order valence-electron chi connectivity index (χ3n) is 4.12. The Kier molecular flexibility index (Phi) is 6.23. The number of nitrogens with one attached hydrogen (secondary N) is 2. The zero-order valence-electron chi connectivity index (χ0n) is 15.8. The molecular weight excluding hydrogens is 360 g/mol. The number of hydrogen-bond donors (Lipinski definition) is 2. The van der Waals surface area contributed by atoms with Gasteiger partial charge in [-0.2, -0.15) is 0 Å². The summed E-state index contributed by atoms with van der Waals surface area (Å²) in [6.45, 7) is 3.10. The maximum absolute atomic E-state index is 12.6. The summed E-state index contributed by atoms with van der Waals surface area (Å²) in [7, 11) is 1.59. The lowest BCUT2D eigenvalue weighted by molar-refractivity contribution is 0.0961. The zero-order chi connectivity index (χ0) is 19.9. The summed E-state index contributed by atoms with van der Waals surface area (Å²) >= 11 is 0. The van der Waals surface area contributed by atoms with E-state index in [1.54, 1.807) is 49.6 Å². The molecule has 0 aliphatic rings. The van der Waals surface area contributed by atoms with Gasteiger partial charge in [0.25, 0.3) is 11.5 Å². The molecule has 28 heavy (non-hydrogen) atoms. The minimum absolute atomic E-state index is 0.168. The van der Waals surface area contributed by atoms with Crippen LogP contribution in [0.3, 0.4) is 0 Å². The van der Waals surface area contributed by atoms with Crippen LogP contribution in [0, 0.1) is 0 Å². The average molecular weight is 382 g/mol. The molecule has 0 aliphatic carbocycles. The van der Waals surface area contributed by atoms with Crippen molar-refractivity contribution in [2.45, 2.75) is 13.5 Å². The van der Waals surface area contributed by atoms with Gasteiger partial charge in [0.15, 0.2) is 0 Å². The zero-order valence-corrected chi connectivity index (χ0v) is 15.8. The quantitative estimate of drug-likeness (QED) is 0.458. The molecule has 8 heteroatoms. The molecule has 0 atom stereocenters. The van der Waals surface area contributed by atoms with Crippen LogP contribution >= 0.6 is 0 Å². The smallest absolute Gasteiger partial charge is 0.269 e. The molecule has 0 spiro atoms. The lowest BCUT2D eigenvalue weighted by atomic mass is 10.2. The number of anilines is 1. The number of hydrazine groups is 1.